The second kappa shape index (κ2) is 11.2. The van der Waals surface area contributed by atoms with Crippen molar-refractivity contribution in [1.29, 1.82) is 5.26 Å². The number of carbonyl (C=O) groups excluding carboxylic acids is 1. The second-order valence-corrected chi connectivity index (χ2v) is 11.2. The molecule has 214 valence electrons. The van der Waals surface area contributed by atoms with E-state index in [1.807, 2.05) is 38.4 Å². The first-order valence-electron chi connectivity index (χ1n) is 13.6. The molecule has 1 saturated heterocycles. The summed E-state index contributed by atoms with van der Waals surface area (Å²) in [6, 6.07) is 8.75. The maximum Gasteiger partial charge on any atom is 0.410 e. The molecule has 11 nitrogen and oxygen atoms in total. The van der Waals surface area contributed by atoms with Gasteiger partial charge in [0, 0.05) is 24.7 Å². The Hall–Kier alpha value is -4.53. The molecule has 41 heavy (non-hydrogen) atoms. The molecule has 1 aliphatic rings. The van der Waals surface area contributed by atoms with E-state index in [-0.39, 0.29) is 12.1 Å². The van der Waals surface area contributed by atoms with Crippen LogP contribution in [0.2, 0.25) is 0 Å². The standard InChI is InChI=1S/C29H33FN8O3/c1-18-27(34-35-38(18)22-7-6-11-36(12-10-22)28(39)41-29(3,4)5)20-13-25-33-17-23(15-31)37(25)26(14-20)40-19(2)24-9-8-21(30)16-32-24/h8-9,13-14,16-17,19,22H,6-7,10-12H2,1-5H3/t19-,22?/m1/s1. The molecule has 12 heteroatoms. The third kappa shape index (κ3) is 5.99. The van der Waals surface area contributed by atoms with Gasteiger partial charge in [-0.3, -0.25) is 9.38 Å². The van der Waals surface area contributed by atoms with Crippen LogP contribution >= 0.6 is 0 Å². The molecular formula is C29H33FN8O3. The average Bonchev–Trinajstić information content (AvgIpc) is 3.42. The number of pyridine rings is 2. The van der Waals surface area contributed by atoms with E-state index in [1.165, 1.54) is 12.3 Å². The monoisotopic (exact) mass is 560 g/mol. The number of carbonyl (C=O) groups is 1. The summed E-state index contributed by atoms with van der Waals surface area (Å²) in [7, 11) is 0. The SMILES string of the molecule is Cc1c(-c2cc(O[C@H](C)c3ccc(F)cn3)n3c(C#N)cnc3c2)nnn1C1CCCN(C(=O)OC(C)(C)C)CC1. The third-order valence-electron chi connectivity index (χ3n) is 7.05. The van der Waals surface area contributed by atoms with Crippen molar-refractivity contribution in [3.63, 3.8) is 0 Å². The van der Waals surface area contributed by atoms with Crippen LogP contribution in [-0.2, 0) is 4.74 Å². The number of nitrogens with zero attached hydrogens (tertiary/aromatic N) is 8. The van der Waals surface area contributed by atoms with Gasteiger partial charge in [0.15, 0.2) is 0 Å². The fourth-order valence-electron chi connectivity index (χ4n) is 5.04. The molecule has 5 rings (SSSR count). The van der Waals surface area contributed by atoms with E-state index in [0.29, 0.717) is 41.7 Å². The number of halogens is 1. The molecule has 1 amide bonds. The maximum absolute atomic E-state index is 13.4. The van der Waals surface area contributed by atoms with Gasteiger partial charge in [-0.1, -0.05) is 5.21 Å². The Morgan fingerprint density at radius 1 is 1.17 bits per heavy atom. The van der Waals surface area contributed by atoms with Gasteiger partial charge in [0.2, 0.25) is 5.88 Å². The number of rotatable bonds is 5. The van der Waals surface area contributed by atoms with Crippen LogP contribution in [0.25, 0.3) is 16.9 Å². The van der Waals surface area contributed by atoms with Gasteiger partial charge < -0.3 is 14.4 Å². The first-order chi connectivity index (χ1) is 19.5. The highest BCUT2D eigenvalue weighted by molar-refractivity contribution is 5.69. The summed E-state index contributed by atoms with van der Waals surface area (Å²) < 4.78 is 28.8. The van der Waals surface area contributed by atoms with Gasteiger partial charge in [0.05, 0.1) is 29.8 Å². The van der Waals surface area contributed by atoms with E-state index >= 15 is 0 Å². The van der Waals surface area contributed by atoms with Crippen LogP contribution in [0.4, 0.5) is 9.18 Å². The number of aromatic nitrogens is 6. The Labute approximate surface area is 237 Å². The van der Waals surface area contributed by atoms with E-state index in [4.69, 9.17) is 9.47 Å². The molecule has 0 N–H and O–H groups in total. The van der Waals surface area contributed by atoms with E-state index in [9.17, 15) is 14.4 Å². The van der Waals surface area contributed by atoms with Crippen LogP contribution in [0.3, 0.4) is 0 Å². The van der Waals surface area contributed by atoms with Gasteiger partial charge in [0.25, 0.3) is 0 Å². The summed E-state index contributed by atoms with van der Waals surface area (Å²) in [6.07, 6.45) is 4.20. The summed E-state index contributed by atoms with van der Waals surface area (Å²) in [5.74, 6) is -0.0573. The minimum absolute atomic E-state index is 0.0735. The van der Waals surface area contributed by atoms with Crippen molar-refractivity contribution in [2.45, 2.75) is 71.6 Å². The smallest absolute Gasteiger partial charge is 0.410 e. The lowest BCUT2D eigenvalue weighted by atomic mass is 10.1. The summed E-state index contributed by atoms with van der Waals surface area (Å²) in [5, 5.41) is 18.7. The van der Waals surface area contributed by atoms with Gasteiger partial charge in [-0.2, -0.15) is 5.26 Å². The van der Waals surface area contributed by atoms with Crippen molar-refractivity contribution in [3.05, 3.63) is 59.6 Å². The number of hydrogen-bond acceptors (Lipinski definition) is 8. The van der Waals surface area contributed by atoms with E-state index in [0.717, 1.165) is 36.7 Å². The lowest BCUT2D eigenvalue weighted by Gasteiger charge is -2.26. The molecule has 5 heterocycles. The zero-order valence-corrected chi connectivity index (χ0v) is 23.8. The highest BCUT2D eigenvalue weighted by Crippen LogP contribution is 2.33. The molecule has 0 aliphatic carbocycles. The summed E-state index contributed by atoms with van der Waals surface area (Å²) in [4.78, 5) is 22.9. The zero-order chi connectivity index (χ0) is 29.3. The number of ether oxygens (including phenoxy) is 2. The predicted octanol–water partition coefficient (Wildman–Crippen LogP) is 5.41. The summed E-state index contributed by atoms with van der Waals surface area (Å²) in [6.45, 7) is 10.6. The van der Waals surface area contributed by atoms with Crippen molar-refractivity contribution in [2.24, 2.45) is 0 Å². The third-order valence-corrected chi connectivity index (χ3v) is 7.05. The normalized spacial score (nSPS) is 16.7. The van der Waals surface area contributed by atoms with Crippen molar-refractivity contribution in [2.75, 3.05) is 13.1 Å². The molecular weight excluding hydrogens is 527 g/mol. The lowest BCUT2D eigenvalue weighted by molar-refractivity contribution is 0.0255. The summed E-state index contributed by atoms with van der Waals surface area (Å²) in [5.41, 5.74) is 3.10. The molecule has 1 aliphatic heterocycles. The van der Waals surface area contributed by atoms with Crippen LogP contribution in [0.5, 0.6) is 5.88 Å². The number of fused-ring (bicyclic) bond motifs is 1. The van der Waals surface area contributed by atoms with Gasteiger partial charge in [0.1, 0.15) is 40.6 Å². The Kier molecular flexibility index (Phi) is 7.62. The summed E-state index contributed by atoms with van der Waals surface area (Å²) >= 11 is 0. The molecule has 0 aromatic carbocycles. The fraction of sp³-hybridized carbons (Fsp3) is 0.448. The Morgan fingerprint density at radius 3 is 2.68 bits per heavy atom. The minimum atomic E-state index is -0.542. The van der Waals surface area contributed by atoms with Crippen molar-refractivity contribution in [3.8, 4) is 23.2 Å². The fourth-order valence-corrected chi connectivity index (χ4v) is 5.04. The van der Waals surface area contributed by atoms with Crippen LogP contribution in [0.15, 0.2) is 36.7 Å². The molecule has 4 aromatic heterocycles. The number of nitriles is 1. The highest BCUT2D eigenvalue weighted by Gasteiger charge is 2.28. The number of amides is 1. The van der Waals surface area contributed by atoms with Crippen molar-refractivity contribution >= 4 is 11.7 Å². The Bertz CT molecular complexity index is 1600. The molecule has 1 fully saturated rings. The van der Waals surface area contributed by atoms with Gasteiger partial charge in [-0.25, -0.2) is 18.9 Å². The molecule has 0 radical (unpaired) electrons. The van der Waals surface area contributed by atoms with Crippen LogP contribution in [0, 0.1) is 24.1 Å². The van der Waals surface area contributed by atoms with E-state index in [2.05, 4.69) is 26.3 Å². The highest BCUT2D eigenvalue weighted by atomic mass is 19.1. The first kappa shape index (κ1) is 28.0. The number of likely N-dealkylation sites (tertiary alicyclic amines) is 1. The molecule has 0 bridgehead atoms. The van der Waals surface area contributed by atoms with Gasteiger partial charge in [-0.05, 0) is 72.1 Å². The van der Waals surface area contributed by atoms with Crippen LogP contribution < -0.4 is 4.74 Å². The van der Waals surface area contributed by atoms with Gasteiger partial charge in [-0.15, -0.1) is 5.10 Å². The van der Waals surface area contributed by atoms with Crippen molar-refractivity contribution in [1.82, 2.24) is 34.3 Å². The minimum Gasteiger partial charge on any atom is -0.469 e. The Balaban J connectivity index is 1.42. The average molecular weight is 561 g/mol. The first-order valence-corrected chi connectivity index (χ1v) is 13.6. The zero-order valence-electron chi connectivity index (χ0n) is 23.8. The Morgan fingerprint density at radius 2 is 1.98 bits per heavy atom. The van der Waals surface area contributed by atoms with E-state index < -0.39 is 17.5 Å². The predicted molar refractivity (Wildman–Crippen MR) is 148 cm³/mol. The molecule has 2 atom stereocenters. The quantitative estimate of drug-likeness (QED) is 0.317. The van der Waals surface area contributed by atoms with Crippen LogP contribution in [-0.4, -0.2) is 59.0 Å². The van der Waals surface area contributed by atoms with E-state index in [1.54, 1.807) is 28.4 Å². The number of imidazole rings is 1. The van der Waals surface area contributed by atoms with Crippen molar-refractivity contribution < 1.29 is 18.7 Å². The maximum atomic E-state index is 13.4. The molecule has 0 spiro atoms. The molecule has 4 aromatic rings. The van der Waals surface area contributed by atoms with Crippen LogP contribution in [0.1, 0.15) is 76.2 Å². The second-order valence-electron chi connectivity index (χ2n) is 11.2. The topological polar surface area (TPSA) is 123 Å². The largest absolute Gasteiger partial charge is 0.469 e. The van der Waals surface area contributed by atoms with Gasteiger partial charge >= 0.3 is 6.09 Å². The molecule has 0 saturated carbocycles. The number of hydrogen-bond donors (Lipinski definition) is 0. The lowest BCUT2D eigenvalue weighted by Crippen LogP contribution is -2.37. The molecule has 1 unspecified atom stereocenters.